The van der Waals surface area contributed by atoms with E-state index in [4.69, 9.17) is 10.8 Å². The molecule has 0 saturated carbocycles. The Kier molecular flexibility index (Phi) is 12.7. The number of carbonyl (C=O) groups excluding carboxylic acids is 3. The van der Waals surface area contributed by atoms with Crippen LogP contribution in [0.25, 0.3) is 0 Å². The fourth-order valence-corrected chi connectivity index (χ4v) is 3.05. The smallest absolute Gasteiger partial charge is 0.327 e. The molecule has 9 nitrogen and oxygen atoms in total. The summed E-state index contributed by atoms with van der Waals surface area (Å²) in [5.41, 5.74) is 5.93. The Bertz CT molecular complexity index is 600. The van der Waals surface area contributed by atoms with Crippen LogP contribution in [-0.2, 0) is 19.2 Å². The van der Waals surface area contributed by atoms with Gasteiger partial charge in [0.15, 0.2) is 0 Å². The second kappa shape index (κ2) is 13.5. The first-order valence-electron chi connectivity index (χ1n) is 10.4. The number of thiol groups is 1. The average molecular weight is 447 g/mol. The lowest BCUT2D eigenvalue weighted by molar-refractivity contribution is -0.142. The number of hydrogen-bond donors (Lipinski definition) is 6. The van der Waals surface area contributed by atoms with E-state index in [1.807, 2.05) is 27.7 Å². The predicted octanol–water partition coefficient (Wildman–Crippen LogP) is 0.531. The molecule has 0 aliphatic carbocycles. The van der Waals surface area contributed by atoms with Crippen molar-refractivity contribution in [2.45, 2.75) is 78.6 Å². The quantitative estimate of drug-likeness (QED) is 0.227. The maximum atomic E-state index is 13.0. The van der Waals surface area contributed by atoms with Crippen LogP contribution in [0.5, 0.6) is 0 Å². The number of nitrogens with one attached hydrogen (secondary N) is 3. The molecule has 5 atom stereocenters. The Morgan fingerprint density at radius 1 is 0.900 bits per heavy atom. The number of rotatable bonds is 13. The SMILES string of the molecule is CCC(C)C(NC(=O)C(N)CC(C)C)C(=O)NC(C(=O)NC(CS)C(=O)O)C(C)C. The van der Waals surface area contributed by atoms with Gasteiger partial charge in [-0.1, -0.05) is 48.0 Å². The first-order chi connectivity index (χ1) is 13.8. The first kappa shape index (κ1) is 28.2. The van der Waals surface area contributed by atoms with E-state index in [-0.39, 0.29) is 23.5 Å². The van der Waals surface area contributed by atoms with Gasteiger partial charge in [-0.3, -0.25) is 14.4 Å². The van der Waals surface area contributed by atoms with E-state index in [9.17, 15) is 19.2 Å². The summed E-state index contributed by atoms with van der Waals surface area (Å²) >= 11 is 3.93. The number of carbonyl (C=O) groups is 4. The van der Waals surface area contributed by atoms with Gasteiger partial charge < -0.3 is 26.8 Å². The van der Waals surface area contributed by atoms with E-state index < -0.39 is 47.9 Å². The van der Waals surface area contributed by atoms with Crippen LogP contribution >= 0.6 is 12.6 Å². The summed E-state index contributed by atoms with van der Waals surface area (Å²) in [6.45, 7) is 11.1. The Morgan fingerprint density at radius 2 is 1.40 bits per heavy atom. The summed E-state index contributed by atoms with van der Waals surface area (Å²) in [6.07, 6.45) is 1.11. The maximum Gasteiger partial charge on any atom is 0.327 e. The summed E-state index contributed by atoms with van der Waals surface area (Å²) in [5.74, 6) is -3.12. The minimum absolute atomic E-state index is 0.0842. The van der Waals surface area contributed by atoms with Crippen molar-refractivity contribution in [2.24, 2.45) is 23.5 Å². The van der Waals surface area contributed by atoms with E-state index in [0.29, 0.717) is 12.8 Å². The zero-order valence-corrected chi connectivity index (χ0v) is 19.7. The number of aliphatic carboxylic acids is 1. The van der Waals surface area contributed by atoms with Gasteiger partial charge in [0.05, 0.1) is 6.04 Å². The van der Waals surface area contributed by atoms with Crippen LogP contribution in [0, 0.1) is 17.8 Å². The van der Waals surface area contributed by atoms with Crippen LogP contribution in [0.1, 0.15) is 54.4 Å². The lowest BCUT2D eigenvalue weighted by atomic mass is 9.95. The standard InChI is InChI=1S/C20H38N4O5S/c1-7-12(6)16(24-17(25)13(21)8-10(2)3)19(27)23-15(11(4)5)18(26)22-14(9-30)20(28)29/h10-16,30H,7-9,21H2,1-6H3,(H,22,26)(H,23,27)(H,24,25)(H,28,29). The number of carboxylic acids is 1. The van der Waals surface area contributed by atoms with Crippen molar-refractivity contribution >= 4 is 36.3 Å². The van der Waals surface area contributed by atoms with Crippen molar-refractivity contribution in [3.05, 3.63) is 0 Å². The molecule has 0 fully saturated rings. The Morgan fingerprint density at radius 3 is 1.80 bits per heavy atom. The molecule has 0 aromatic carbocycles. The molecule has 0 rings (SSSR count). The molecule has 3 amide bonds. The van der Waals surface area contributed by atoms with E-state index in [1.165, 1.54) is 0 Å². The van der Waals surface area contributed by atoms with Gasteiger partial charge in [0.1, 0.15) is 18.1 Å². The van der Waals surface area contributed by atoms with Crippen molar-refractivity contribution in [3.8, 4) is 0 Å². The molecule has 10 heteroatoms. The summed E-state index contributed by atoms with van der Waals surface area (Å²) in [7, 11) is 0. The van der Waals surface area contributed by atoms with Crippen LogP contribution in [-0.4, -0.2) is 58.7 Å². The number of hydrogen-bond acceptors (Lipinski definition) is 6. The Hall–Kier alpha value is -1.81. The third-order valence-corrected chi connectivity index (χ3v) is 5.26. The van der Waals surface area contributed by atoms with Gasteiger partial charge in [0, 0.05) is 5.75 Å². The molecule has 0 radical (unpaired) electrons. The van der Waals surface area contributed by atoms with Gasteiger partial charge in [-0.25, -0.2) is 4.79 Å². The molecular formula is C20H38N4O5S. The third kappa shape index (κ3) is 9.34. The van der Waals surface area contributed by atoms with Gasteiger partial charge in [0.2, 0.25) is 17.7 Å². The van der Waals surface area contributed by atoms with Gasteiger partial charge in [-0.2, -0.15) is 12.6 Å². The molecule has 0 heterocycles. The normalized spacial score (nSPS) is 16.3. The summed E-state index contributed by atoms with van der Waals surface area (Å²) in [4.78, 5) is 49.2. The van der Waals surface area contributed by atoms with Crippen molar-refractivity contribution in [3.63, 3.8) is 0 Å². The Labute approximate surface area is 184 Å². The van der Waals surface area contributed by atoms with E-state index in [0.717, 1.165) is 0 Å². The lowest BCUT2D eigenvalue weighted by Crippen LogP contribution is -2.60. The second-order valence-corrected chi connectivity index (χ2v) is 8.79. The number of carboxylic acid groups (broad SMARTS) is 1. The van der Waals surface area contributed by atoms with Crippen LogP contribution in [0.2, 0.25) is 0 Å². The van der Waals surface area contributed by atoms with Gasteiger partial charge in [-0.05, 0) is 24.2 Å². The molecule has 0 saturated heterocycles. The highest BCUT2D eigenvalue weighted by Crippen LogP contribution is 2.12. The van der Waals surface area contributed by atoms with Crippen LogP contribution in [0.4, 0.5) is 0 Å². The molecule has 5 unspecified atom stereocenters. The first-order valence-corrected chi connectivity index (χ1v) is 11.0. The average Bonchev–Trinajstić information content (AvgIpc) is 2.65. The number of nitrogens with two attached hydrogens (primary N) is 1. The minimum Gasteiger partial charge on any atom is -0.480 e. The monoisotopic (exact) mass is 446 g/mol. The van der Waals surface area contributed by atoms with Gasteiger partial charge in [0.25, 0.3) is 0 Å². The zero-order chi connectivity index (χ0) is 23.6. The van der Waals surface area contributed by atoms with Crippen molar-refractivity contribution in [2.75, 3.05) is 5.75 Å². The fourth-order valence-electron chi connectivity index (χ4n) is 2.80. The molecule has 0 aromatic heterocycles. The van der Waals surface area contributed by atoms with Crippen LogP contribution in [0.3, 0.4) is 0 Å². The van der Waals surface area contributed by atoms with Gasteiger partial charge >= 0.3 is 5.97 Å². The fraction of sp³-hybridized carbons (Fsp3) is 0.800. The highest BCUT2D eigenvalue weighted by molar-refractivity contribution is 7.80. The second-order valence-electron chi connectivity index (χ2n) is 8.42. The molecule has 30 heavy (non-hydrogen) atoms. The molecule has 0 aromatic rings. The van der Waals surface area contributed by atoms with Crippen LogP contribution in [0.15, 0.2) is 0 Å². The summed E-state index contributed by atoms with van der Waals surface area (Å²) in [6, 6.07) is -3.74. The zero-order valence-electron chi connectivity index (χ0n) is 18.8. The highest BCUT2D eigenvalue weighted by Gasteiger charge is 2.33. The molecule has 174 valence electrons. The topological polar surface area (TPSA) is 151 Å². The van der Waals surface area contributed by atoms with Gasteiger partial charge in [-0.15, -0.1) is 0 Å². The van der Waals surface area contributed by atoms with E-state index >= 15 is 0 Å². The lowest BCUT2D eigenvalue weighted by Gasteiger charge is -2.29. The molecule has 0 aliphatic heterocycles. The predicted molar refractivity (Wildman–Crippen MR) is 119 cm³/mol. The molecule has 0 bridgehead atoms. The largest absolute Gasteiger partial charge is 0.480 e. The maximum absolute atomic E-state index is 13.0. The Balaban J connectivity index is 5.39. The third-order valence-electron chi connectivity index (χ3n) is 4.90. The van der Waals surface area contributed by atoms with Crippen molar-refractivity contribution < 1.29 is 24.3 Å². The highest BCUT2D eigenvalue weighted by atomic mass is 32.1. The molecule has 0 spiro atoms. The molecular weight excluding hydrogens is 408 g/mol. The van der Waals surface area contributed by atoms with Crippen LogP contribution < -0.4 is 21.7 Å². The minimum atomic E-state index is -1.21. The van der Waals surface area contributed by atoms with Crippen molar-refractivity contribution in [1.29, 1.82) is 0 Å². The van der Waals surface area contributed by atoms with E-state index in [1.54, 1.807) is 13.8 Å². The molecule has 0 aliphatic rings. The van der Waals surface area contributed by atoms with Crippen molar-refractivity contribution in [1.82, 2.24) is 16.0 Å². The number of amides is 3. The van der Waals surface area contributed by atoms with E-state index in [2.05, 4.69) is 28.6 Å². The summed E-state index contributed by atoms with van der Waals surface area (Å²) < 4.78 is 0. The summed E-state index contributed by atoms with van der Waals surface area (Å²) in [5, 5.41) is 16.9. The molecule has 6 N–H and O–H groups in total.